The highest BCUT2D eigenvalue weighted by molar-refractivity contribution is 6.60. The van der Waals surface area contributed by atoms with Crippen molar-refractivity contribution >= 4 is 30.6 Å². The Hall–Kier alpha value is -1.86. The largest absolute Gasteiger partial charge is 0.490 e. The lowest BCUT2D eigenvalue weighted by atomic mass is 9.78. The van der Waals surface area contributed by atoms with Crippen LogP contribution in [-0.2, 0) is 9.53 Å². The number of hydrogen-bond donors (Lipinski definition) is 3. The van der Waals surface area contributed by atoms with Crippen molar-refractivity contribution in [3.8, 4) is 0 Å². The molecular weight excluding hydrogens is 237 g/mol. The number of nitrogens with one attached hydrogen (secondary N) is 1. The van der Waals surface area contributed by atoms with Crippen molar-refractivity contribution in [3.05, 3.63) is 23.8 Å². The van der Waals surface area contributed by atoms with Crippen LogP contribution in [0.4, 0.5) is 5.69 Å². The van der Waals surface area contributed by atoms with E-state index in [1.165, 1.54) is 18.2 Å². The Morgan fingerprint density at radius 1 is 1.44 bits per heavy atom. The Kier molecular flexibility index (Phi) is 4.88. The molecule has 0 radical (unpaired) electrons. The quantitative estimate of drug-likeness (QED) is 0.372. The molecule has 18 heavy (non-hydrogen) atoms. The van der Waals surface area contributed by atoms with Crippen molar-refractivity contribution in [3.63, 3.8) is 0 Å². The van der Waals surface area contributed by atoms with Crippen LogP contribution in [-0.4, -0.2) is 35.6 Å². The summed E-state index contributed by atoms with van der Waals surface area (Å²) >= 11 is 0. The first-order valence-electron chi connectivity index (χ1n) is 5.37. The van der Waals surface area contributed by atoms with Gasteiger partial charge < -0.3 is 20.1 Å². The van der Waals surface area contributed by atoms with Crippen molar-refractivity contribution < 1.29 is 24.4 Å². The number of carbonyl (C=O) groups is 2. The second-order valence-electron chi connectivity index (χ2n) is 3.89. The fourth-order valence-electron chi connectivity index (χ4n) is 1.38. The van der Waals surface area contributed by atoms with Gasteiger partial charge in [0, 0.05) is 11.2 Å². The monoisotopic (exact) mass is 251 g/mol. The zero-order chi connectivity index (χ0) is 13.7. The van der Waals surface area contributed by atoms with Crippen molar-refractivity contribution in [1.82, 2.24) is 0 Å². The highest BCUT2D eigenvalue weighted by Crippen LogP contribution is 2.10. The second kappa shape index (κ2) is 6.18. The predicted molar refractivity (Wildman–Crippen MR) is 66.5 cm³/mol. The average molecular weight is 251 g/mol. The van der Waals surface area contributed by atoms with Crippen molar-refractivity contribution in [2.45, 2.75) is 20.0 Å². The van der Waals surface area contributed by atoms with Crippen LogP contribution >= 0.6 is 0 Å². The minimum Gasteiger partial charge on any atom is -0.459 e. The third kappa shape index (κ3) is 3.58. The van der Waals surface area contributed by atoms with Crippen LogP contribution in [0.2, 0.25) is 0 Å². The topological polar surface area (TPSA) is 95.9 Å². The van der Waals surface area contributed by atoms with Crippen LogP contribution in [0.5, 0.6) is 0 Å². The van der Waals surface area contributed by atoms with Gasteiger partial charge in [0.05, 0.1) is 11.7 Å². The van der Waals surface area contributed by atoms with Crippen molar-refractivity contribution in [2.24, 2.45) is 0 Å². The summed E-state index contributed by atoms with van der Waals surface area (Å²) in [6, 6.07) is 4.07. The van der Waals surface area contributed by atoms with Gasteiger partial charge in [-0.2, -0.15) is 0 Å². The molecule has 0 saturated carbocycles. The molecule has 0 aliphatic rings. The Bertz CT molecular complexity index is 447. The van der Waals surface area contributed by atoms with Crippen LogP contribution in [0.1, 0.15) is 24.2 Å². The van der Waals surface area contributed by atoms with Gasteiger partial charge in [0.1, 0.15) is 0 Å². The maximum atomic E-state index is 11.6. The molecule has 0 spiro atoms. The van der Waals surface area contributed by atoms with E-state index in [2.05, 4.69) is 5.32 Å². The van der Waals surface area contributed by atoms with Gasteiger partial charge in [-0.25, -0.2) is 4.79 Å². The zero-order valence-electron chi connectivity index (χ0n) is 10.1. The standard InChI is InChI=1S/C11H14BNO5/c1-7(2)18-11(15)8-3-4-9(12(16)17)10(5-8)13-6-14/h3-7,16-17H,1-2H3,(H,13,14). The van der Waals surface area contributed by atoms with Crippen molar-refractivity contribution in [1.29, 1.82) is 0 Å². The molecule has 96 valence electrons. The van der Waals surface area contributed by atoms with Gasteiger partial charge in [-0.05, 0) is 26.0 Å². The molecule has 0 saturated heterocycles. The average Bonchev–Trinajstić information content (AvgIpc) is 2.28. The number of hydrogen-bond acceptors (Lipinski definition) is 5. The van der Waals surface area contributed by atoms with Gasteiger partial charge in [0.2, 0.25) is 6.41 Å². The van der Waals surface area contributed by atoms with Gasteiger partial charge >= 0.3 is 13.1 Å². The molecule has 0 heterocycles. The molecule has 0 aromatic heterocycles. The molecule has 6 nitrogen and oxygen atoms in total. The van der Waals surface area contributed by atoms with E-state index in [0.717, 1.165) is 0 Å². The number of amides is 1. The fraction of sp³-hybridized carbons (Fsp3) is 0.273. The minimum atomic E-state index is -1.73. The maximum absolute atomic E-state index is 11.6. The van der Waals surface area contributed by atoms with Crippen molar-refractivity contribution in [2.75, 3.05) is 5.32 Å². The molecule has 0 unspecified atom stereocenters. The molecule has 0 fully saturated rings. The summed E-state index contributed by atoms with van der Waals surface area (Å²) in [5, 5.41) is 20.5. The first kappa shape index (κ1) is 14.2. The Labute approximate surface area is 105 Å². The minimum absolute atomic E-state index is 0.100. The molecule has 1 rings (SSSR count). The highest BCUT2D eigenvalue weighted by Gasteiger charge is 2.18. The lowest BCUT2D eigenvalue weighted by Crippen LogP contribution is -2.32. The van der Waals surface area contributed by atoms with E-state index in [-0.39, 0.29) is 22.8 Å². The lowest BCUT2D eigenvalue weighted by Gasteiger charge is -2.11. The first-order valence-corrected chi connectivity index (χ1v) is 5.37. The third-order valence-electron chi connectivity index (χ3n) is 2.12. The first-order chi connectivity index (χ1) is 8.45. The summed E-state index contributed by atoms with van der Waals surface area (Å²) in [4.78, 5) is 22.0. The van der Waals surface area contributed by atoms with Crippen LogP contribution in [0.3, 0.4) is 0 Å². The predicted octanol–water partition coefficient (Wildman–Crippen LogP) is -0.500. The summed E-state index contributed by atoms with van der Waals surface area (Å²) < 4.78 is 4.99. The number of esters is 1. The molecular formula is C11H14BNO5. The summed E-state index contributed by atoms with van der Waals surface area (Å²) in [5.41, 5.74) is 0.471. The summed E-state index contributed by atoms with van der Waals surface area (Å²) in [7, 11) is -1.73. The Morgan fingerprint density at radius 2 is 2.11 bits per heavy atom. The van der Waals surface area contributed by atoms with E-state index in [4.69, 9.17) is 14.8 Å². The number of ether oxygens (including phenoxy) is 1. The molecule has 0 aliphatic heterocycles. The highest BCUT2D eigenvalue weighted by atomic mass is 16.5. The molecule has 1 aromatic carbocycles. The van der Waals surface area contributed by atoms with E-state index in [1.54, 1.807) is 13.8 Å². The normalized spacial score (nSPS) is 10.1. The summed E-state index contributed by atoms with van der Waals surface area (Å²) in [5.74, 6) is -0.544. The van der Waals surface area contributed by atoms with Crippen LogP contribution in [0.25, 0.3) is 0 Å². The van der Waals surface area contributed by atoms with E-state index in [0.29, 0.717) is 6.41 Å². The molecule has 0 atom stereocenters. The van der Waals surface area contributed by atoms with E-state index in [9.17, 15) is 9.59 Å². The smallest absolute Gasteiger partial charge is 0.459 e. The third-order valence-corrected chi connectivity index (χ3v) is 2.12. The number of anilines is 1. The lowest BCUT2D eigenvalue weighted by molar-refractivity contribution is -0.105. The molecule has 1 aromatic rings. The van der Waals surface area contributed by atoms with E-state index in [1.807, 2.05) is 0 Å². The van der Waals surface area contributed by atoms with E-state index < -0.39 is 13.1 Å². The van der Waals surface area contributed by atoms with Gasteiger partial charge in [-0.15, -0.1) is 0 Å². The molecule has 0 bridgehead atoms. The molecule has 1 amide bonds. The van der Waals surface area contributed by atoms with Crippen LogP contribution in [0, 0.1) is 0 Å². The SMILES string of the molecule is CC(C)OC(=O)c1ccc(B(O)O)c(NC=O)c1. The van der Waals surface area contributed by atoms with E-state index >= 15 is 0 Å². The number of carbonyl (C=O) groups excluding carboxylic acids is 2. The molecule has 0 aliphatic carbocycles. The number of benzene rings is 1. The zero-order valence-corrected chi connectivity index (χ0v) is 10.1. The Morgan fingerprint density at radius 3 is 2.61 bits per heavy atom. The van der Waals surface area contributed by atoms with Crippen LogP contribution in [0.15, 0.2) is 18.2 Å². The van der Waals surface area contributed by atoms with Gasteiger partial charge in [-0.1, -0.05) is 6.07 Å². The summed E-state index contributed by atoms with van der Waals surface area (Å²) in [6.45, 7) is 3.43. The van der Waals surface area contributed by atoms with Gasteiger partial charge in [0.15, 0.2) is 0 Å². The maximum Gasteiger partial charge on any atom is 0.490 e. The van der Waals surface area contributed by atoms with Gasteiger partial charge in [0.25, 0.3) is 0 Å². The summed E-state index contributed by atoms with van der Waals surface area (Å²) in [6.07, 6.45) is 0.127. The van der Waals surface area contributed by atoms with Crippen LogP contribution < -0.4 is 10.8 Å². The molecule has 7 heteroatoms. The second-order valence-corrected chi connectivity index (χ2v) is 3.89. The molecule has 3 N–H and O–H groups in total. The fourth-order valence-corrected chi connectivity index (χ4v) is 1.38. The number of rotatable bonds is 5. The van der Waals surface area contributed by atoms with Gasteiger partial charge in [-0.3, -0.25) is 4.79 Å². The Balaban J connectivity index is 3.06.